The Balaban J connectivity index is 1.96. The molecule has 7 nitrogen and oxygen atoms in total. The first kappa shape index (κ1) is 13.6. The molecular weight excluding hydrogens is 262 g/mol. The molecule has 0 fully saturated rings. The van der Waals surface area contributed by atoms with Crippen molar-refractivity contribution < 1.29 is 14.5 Å². The van der Waals surface area contributed by atoms with Gasteiger partial charge in [0, 0.05) is 18.3 Å². The lowest BCUT2D eigenvalue weighted by Gasteiger charge is -2.04. The second kappa shape index (κ2) is 5.87. The molecule has 0 amide bonds. The zero-order valence-corrected chi connectivity index (χ0v) is 10.6. The summed E-state index contributed by atoms with van der Waals surface area (Å²) in [5.74, 6) is -0.587. The number of rotatable bonds is 4. The van der Waals surface area contributed by atoms with Crippen molar-refractivity contribution in [2.75, 3.05) is 0 Å². The summed E-state index contributed by atoms with van der Waals surface area (Å²) in [6.45, 7) is 1.78. The number of aryl methyl sites for hydroxylation is 1. The topological polar surface area (TPSA) is 95.2 Å². The summed E-state index contributed by atoms with van der Waals surface area (Å²) >= 11 is 0. The maximum Gasteiger partial charge on any atom is 0.358 e. The van der Waals surface area contributed by atoms with Gasteiger partial charge in [0.05, 0.1) is 16.8 Å². The maximum atomic E-state index is 11.7. The number of nitro groups is 1. The number of ether oxygens (including phenoxy) is 1. The lowest BCUT2D eigenvalue weighted by Crippen LogP contribution is -2.08. The van der Waals surface area contributed by atoms with Crippen LogP contribution in [0.4, 0.5) is 5.69 Å². The van der Waals surface area contributed by atoms with Gasteiger partial charge in [0.1, 0.15) is 6.61 Å². The number of aromatic nitrogens is 2. The molecule has 1 heterocycles. The standard InChI is InChI=1S/C13H11N3O4/c1-9-6-15-12(7-14-9)13(17)20-8-10-2-4-11(5-3-10)16(18)19/h2-7H,8H2,1H3. The third-order valence-corrected chi connectivity index (χ3v) is 2.51. The average molecular weight is 273 g/mol. The molecule has 0 saturated heterocycles. The molecule has 0 atom stereocenters. The monoisotopic (exact) mass is 273 g/mol. The van der Waals surface area contributed by atoms with Crippen LogP contribution in [-0.2, 0) is 11.3 Å². The van der Waals surface area contributed by atoms with Crippen LogP contribution in [0.25, 0.3) is 0 Å². The van der Waals surface area contributed by atoms with Gasteiger partial charge in [-0.3, -0.25) is 15.1 Å². The van der Waals surface area contributed by atoms with Crippen molar-refractivity contribution in [3.63, 3.8) is 0 Å². The van der Waals surface area contributed by atoms with Crippen molar-refractivity contribution >= 4 is 11.7 Å². The molecule has 102 valence electrons. The Labute approximate surface area is 114 Å². The van der Waals surface area contributed by atoms with E-state index < -0.39 is 10.9 Å². The fourth-order valence-electron chi connectivity index (χ4n) is 1.43. The Morgan fingerprint density at radius 1 is 1.25 bits per heavy atom. The van der Waals surface area contributed by atoms with Crippen LogP contribution in [0.15, 0.2) is 36.7 Å². The third kappa shape index (κ3) is 3.35. The van der Waals surface area contributed by atoms with Gasteiger partial charge in [0.15, 0.2) is 5.69 Å². The average Bonchev–Trinajstić information content (AvgIpc) is 2.46. The van der Waals surface area contributed by atoms with Gasteiger partial charge in [-0.15, -0.1) is 0 Å². The Morgan fingerprint density at radius 2 is 1.95 bits per heavy atom. The predicted molar refractivity (Wildman–Crippen MR) is 69.0 cm³/mol. The number of hydrogen-bond acceptors (Lipinski definition) is 6. The van der Waals surface area contributed by atoms with E-state index in [-0.39, 0.29) is 18.0 Å². The van der Waals surface area contributed by atoms with Crippen LogP contribution in [-0.4, -0.2) is 20.9 Å². The van der Waals surface area contributed by atoms with Gasteiger partial charge in [0.25, 0.3) is 5.69 Å². The summed E-state index contributed by atoms with van der Waals surface area (Å²) in [5, 5.41) is 10.5. The fraction of sp³-hybridized carbons (Fsp3) is 0.154. The van der Waals surface area contributed by atoms with E-state index in [0.717, 1.165) is 0 Å². The zero-order chi connectivity index (χ0) is 14.5. The van der Waals surface area contributed by atoms with Gasteiger partial charge in [-0.2, -0.15) is 0 Å². The molecule has 0 saturated carbocycles. The first-order valence-electron chi connectivity index (χ1n) is 5.75. The number of carbonyl (C=O) groups excluding carboxylic acids is 1. The van der Waals surface area contributed by atoms with Crippen LogP contribution in [0.1, 0.15) is 21.7 Å². The summed E-state index contributed by atoms with van der Waals surface area (Å²) in [5.41, 5.74) is 1.47. The summed E-state index contributed by atoms with van der Waals surface area (Å²) < 4.78 is 5.04. The molecule has 0 radical (unpaired) electrons. The molecule has 1 aromatic heterocycles. The van der Waals surface area contributed by atoms with E-state index in [1.807, 2.05) is 0 Å². The fourth-order valence-corrected chi connectivity index (χ4v) is 1.43. The van der Waals surface area contributed by atoms with Crippen LogP contribution in [0.3, 0.4) is 0 Å². The lowest BCUT2D eigenvalue weighted by atomic mass is 10.2. The van der Waals surface area contributed by atoms with E-state index in [4.69, 9.17) is 4.74 Å². The molecule has 2 aromatic rings. The second-order valence-corrected chi connectivity index (χ2v) is 4.04. The molecule has 0 aliphatic carbocycles. The smallest absolute Gasteiger partial charge is 0.358 e. The highest BCUT2D eigenvalue weighted by Crippen LogP contribution is 2.13. The van der Waals surface area contributed by atoms with Crippen LogP contribution in [0.2, 0.25) is 0 Å². The minimum Gasteiger partial charge on any atom is -0.456 e. The number of nitro benzene ring substituents is 1. The minimum atomic E-state index is -0.587. The minimum absolute atomic E-state index is 0.00974. The normalized spacial score (nSPS) is 10.1. The predicted octanol–water partition coefficient (Wildman–Crippen LogP) is 2.05. The van der Waals surface area contributed by atoms with Crippen molar-refractivity contribution in [1.29, 1.82) is 0 Å². The van der Waals surface area contributed by atoms with Crippen molar-refractivity contribution in [2.24, 2.45) is 0 Å². The molecule has 7 heteroatoms. The van der Waals surface area contributed by atoms with Gasteiger partial charge in [0.2, 0.25) is 0 Å². The SMILES string of the molecule is Cc1cnc(C(=O)OCc2ccc([N+](=O)[O-])cc2)cn1. The highest BCUT2D eigenvalue weighted by Gasteiger charge is 2.10. The quantitative estimate of drug-likeness (QED) is 0.480. The number of hydrogen-bond donors (Lipinski definition) is 0. The Hall–Kier alpha value is -2.83. The Morgan fingerprint density at radius 3 is 2.50 bits per heavy atom. The van der Waals surface area contributed by atoms with E-state index in [9.17, 15) is 14.9 Å². The highest BCUT2D eigenvalue weighted by molar-refractivity contribution is 5.86. The number of esters is 1. The number of nitrogens with zero attached hydrogens (tertiary/aromatic N) is 3. The van der Waals surface area contributed by atoms with E-state index in [2.05, 4.69) is 9.97 Å². The first-order valence-corrected chi connectivity index (χ1v) is 5.75. The van der Waals surface area contributed by atoms with Crippen LogP contribution in [0, 0.1) is 17.0 Å². The zero-order valence-electron chi connectivity index (χ0n) is 10.6. The number of non-ortho nitro benzene ring substituents is 1. The van der Waals surface area contributed by atoms with Crippen LogP contribution >= 0.6 is 0 Å². The van der Waals surface area contributed by atoms with Gasteiger partial charge in [-0.05, 0) is 24.6 Å². The molecule has 2 rings (SSSR count). The Bertz CT molecular complexity index is 623. The summed E-state index contributed by atoms with van der Waals surface area (Å²) in [6.07, 6.45) is 2.82. The molecule has 0 N–H and O–H groups in total. The molecule has 20 heavy (non-hydrogen) atoms. The largest absolute Gasteiger partial charge is 0.456 e. The highest BCUT2D eigenvalue weighted by atomic mass is 16.6. The van der Waals surface area contributed by atoms with E-state index in [1.54, 1.807) is 6.92 Å². The van der Waals surface area contributed by atoms with Crippen molar-refractivity contribution in [1.82, 2.24) is 9.97 Å². The molecule has 0 unspecified atom stereocenters. The number of benzene rings is 1. The van der Waals surface area contributed by atoms with Crippen molar-refractivity contribution in [3.05, 3.63) is 63.7 Å². The van der Waals surface area contributed by atoms with E-state index >= 15 is 0 Å². The molecule has 0 bridgehead atoms. The molecular formula is C13H11N3O4. The summed E-state index contributed by atoms with van der Waals surface area (Å²) in [4.78, 5) is 29.5. The number of carbonyl (C=O) groups is 1. The first-order chi connectivity index (χ1) is 9.56. The van der Waals surface area contributed by atoms with Crippen LogP contribution < -0.4 is 0 Å². The summed E-state index contributed by atoms with van der Waals surface area (Å²) in [7, 11) is 0. The maximum absolute atomic E-state index is 11.7. The lowest BCUT2D eigenvalue weighted by molar-refractivity contribution is -0.384. The van der Waals surface area contributed by atoms with Gasteiger partial charge < -0.3 is 4.74 Å². The van der Waals surface area contributed by atoms with Crippen molar-refractivity contribution in [2.45, 2.75) is 13.5 Å². The Kier molecular flexibility index (Phi) is 3.99. The van der Waals surface area contributed by atoms with Gasteiger partial charge in [-0.1, -0.05) is 0 Å². The van der Waals surface area contributed by atoms with Crippen LogP contribution in [0.5, 0.6) is 0 Å². The third-order valence-electron chi connectivity index (χ3n) is 2.51. The van der Waals surface area contributed by atoms with E-state index in [0.29, 0.717) is 11.3 Å². The summed E-state index contributed by atoms with van der Waals surface area (Å²) in [6, 6.07) is 5.78. The van der Waals surface area contributed by atoms with Gasteiger partial charge >= 0.3 is 5.97 Å². The molecule has 0 aliphatic heterocycles. The van der Waals surface area contributed by atoms with Crippen molar-refractivity contribution in [3.8, 4) is 0 Å². The molecule has 0 spiro atoms. The van der Waals surface area contributed by atoms with E-state index in [1.165, 1.54) is 36.7 Å². The molecule has 1 aromatic carbocycles. The van der Waals surface area contributed by atoms with Gasteiger partial charge in [-0.25, -0.2) is 9.78 Å². The second-order valence-electron chi connectivity index (χ2n) is 4.04. The molecule has 0 aliphatic rings.